The van der Waals surface area contributed by atoms with Crippen LogP contribution in [0.1, 0.15) is 149 Å². The summed E-state index contributed by atoms with van der Waals surface area (Å²) < 4.78 is 34.2. The number of fused-ring (bicyclic) bond motifs is 2. The number of benzene rings is 2. The number of rotatable bonds is 5. The van der Waals surface area contributed by atoms with Crippen molar-refractivity contribution < 1.29 is 37.7 Å². The first kappa shape index (κ1) is 43.1. The highest BCUT2D eigenvalue weighted by molar-refractivity contribution is 6.62. The van der Waals surface area contributed by atoms with Gasteiger partial charge < -0.3 is 28.1 Å². The molecule has 2 aliphatic carbocycles. The first-order chi connectivity index (χ1) is 24.2. The van der Waals surface area contributed by atoms with Crippen molar-refractivity contribution in [1.29, 1.82) is 0 Å². The lowest BCUT2D eigenvalue weighted by Gasteiger charge is -2.32. The highest BCUT2D eigenvalue weighted by Gasteiger charge is 2.52. The molecule has 0 amide bonds. The van der Waals surface area contributed by atoms with E-state index in [2.05, 4.69) is 31.2 Å². The lowest BCUT2D eigenvalue weighted by atomic mass is 9.73. The third kappa shape index (κ3) is 10.8. The second-order valence-electron chi connectivity index (χ2n) is 19.0. The van der Waals surface area contributed by atoms with Gasteiger partial charge in [0.2, 0.25) is 0 Å². The van der Waals surface area contributed by atoms with Crippen LogP contribution in [-0.2, 0) is 76.2 Å². The number of carbonyl (C=O) groups excluding carboxylic acids is 2. The molecule has 0 radical (unpaired) electrons. The maximum atomic E-state index is 12.5. The maximum absolute atomic E-state index is 12.5. The Bertz CT molecular complexity index is 1610. The first-order valence-corrected chi connectivity index (χ1v) is 19.5. The van der Waals surface area contributed by atoms with E-state index in [1.807, 2.05) is 96.9 Å². The van der Waals surface area contributed by atoms with E-state index in [0.717, 1.165) is 43.1 Å². The van der Waals surface area contributed by atoms with Gasteiger partial charge in [-0.25, -0.2) is 0 Å². The van der Waals surface area contributed by atoms with Gasteiger partial charge in [-0.1, -0.05) is 24.3 Å². The summed E-state index contributed by atoms with van der Waals surface area (Å²) in [6.07, 6.45) is 7.34. The minimum Gasteiger partial charge on any atom is -0.460 e. The predicted octanol–water partition coefficient (Wildman–Crippen LogP) is 7.58. The molecule has 0 unspecified atom stereocenters. The molecule has 4 aliphatic rings. The van der Waals surface area contributed by atoms with Crippen LogP contribution in [0.3, 0.4) is 0 Å². The summed E-state index contributed by atoms with van der Waals surface area (Å²) in [7, 11) is -0.0247. The zero-order chi connectivity index (χ0) is 39.8. The smallest absolute Gasteiger partial charge is 0.460 e. The normalized spacial score (nSPS) is 20.2. The van der Waals surface area contributed by atoms with Gasteiger partial charge in [0, 0.05) is 0 Å². The average Bonchev–Trinajstić information content (AvgIpc) is 3.75. The quantitative estimate of drug-likeness (QED) is 0.230. The number of esters is 2. The molecule has 292 valence electrons. The van der Waals surface area contributed by atoms with Crippen LogP contribution in [0.4, 0.5) is 0 Å². The Labute approximate surface area is 321 Å². The Morgan fingerprint density at radius 1 is 0.642 bits per heavy atom. The van der Waals surface area contributed by atoms with Crippen LogP contribution in [0.2, 0.25) is 0 Å². The lowest BCUT2D eigenvalue weighted by molar-refractivity contribution is -0.155. The molecular formula is C43H66B2O8. The van der Waals surface area contributed by atoms with Gasteiger partial charge in [-0.15, -0.1) is 0 Å². The summed E-state index contributed by atoms with van der Waals surface area (Å²) in [5.41, 5.74) is 7.87. The topological polar surface area (TPSA) is 89.5 Å². The van der Waals surface area contributed by atoms with Crippen LogP contribution in [0.5, 0.6) is 0 Å². The molecule has 6 rings (SSSR count). The summed E-state index contributed by atoms with van der Waals surface area (Å²) in [5, 5.41) is 0. The summed E-state index contributed by atoms with van der Waals surface area (Å²) >= 11 is 0. The standard InChI is InChI=1S/C21H31BO4.C16H22O2.C6H13BO2/c1-19(2,3)24-18(23)13-16-15-10-8-9-14(15)11-12-17(16)22-25-20(4,5)21(6,7)26-22;1-11-8-9-12-6-5-7-13(12)14(11)10-15(17)18-16(2,3)4;1-5(2)6(3,4)9-7-8-5/h11-12H,8-10,13H2,1-7H3;8-9H,5-7,10H2,1-4H3;7H,1-4H3. The third-order valence-electron chi connectivity index (χ3n) is 11.4. The minimum atomic E-state index is -0.487. The molecule has 0 spiro atoms. The van der Waals surface area contributed by atoms with Crippen molar-refractivity contribution in [1.82, 2.24) is 0 Å². The molecule has 2 saturated heterocycles. The molecule has 53 heavy (non-hydrogen) atoms. The predicted molar refractivity (Wildman–Crippen MR) is 214 cm³/mol. The molecule has 2 fully saturated rings. The summed E-state index contributed by atoms with van der Waals surface area (Å²) in [5.74, 6) is -0.318. The fourth-order valence-electron chi connectivity index (χ4n) is 6.98. The highest BCUT2D eigenvalue weighted by Crippen LogP contribution is 2.38. The third-order valence-corrected chi connectivity index (χ3v) is 11.4. The molecule has 8 nitrogen and oxygen atoms in total. The van der Waals surface area contributed by atoms with Crippen molar-refractivity contribution in [2.45, 2.75) is 189 Å². The monoisotopic (exact) mass is 732 g/mol. The fourth-order valence-corrected chi connectivity index (χ4v) is 6.98. The number of ether oxygens (including phenoxy) is 2. The van der Waals surface area contributed by atoms with E-state index < -0.39 is 29.5 Å². The van der Waals surface area contributed by atoms with Gasteiger partial charge >= 0.3 is 26.7 Å². The van der Waals surface area contributed by atoms with Crippen LogP contribution >= 0.6 is 0 Å². The molecule has 2 aromatic rings. The number of hydrogen-bond donors (Lipinski definition) is 0. The van der Waals surface area contributed by atoms with Crippen molar-refractivity contribution in [3.63, 3.8) is 0 Å². The molecule has 2 aliphatic heterocycles. The SMILES string of the molecule is CC(C)(C)OC(=O)Cc1c(B2OC(C)(C)C(C)(C)O2)ccc2c1CCC2.CC1(C)OBOC1(C)C.Cc1ccc2c(c1CC(=O)OC(C)(C)C)CCC2. The van der Waals surface area contributed by atoms with Crippen LogP contribution in [0.25, 0.3) is 0 Å². The summed E-state index contributed by atoms with van der Waals surface area (Å²) in [6, 6.07) is 8.58. The van der Waals surface area contributed by atoms with E-state index in [4.69, 9.17) is 28.1 Å². The van der Waals surface area contributed by atoms with E-state index in [1.165, 1.54) is 39.8 Å². The summed E-state index contributed by atoms with van der Waals surface area (Å²) in [4.78, 5) is 24.5. The number of hydrogen-bond acceptors (Lipinski definition) is 8. The van der Waals surface area contributed by atoms with Gasteiger partial charge in [-0.05, 0) is 187 Å². The molecule has 0 aromatic heterocycles. The van der Waals surface area contributed by atoms with Gasteiger partial charge in [0.15, 0.2) is 0 Å². The molecule has 0 atom stereocenters. The van der Waals surface area contributed by atoms with E-state index in [9.17, 15) is 9.59 Å². The molecular weight excluding hydrogens is 666 g/mol. The second kappa shape index (κ2) is 15.8. The first-order valence-electron chi connectivity index (χ1n) is 19.5. The molecule has 2 aromatic carbocycles. The largest absolute Gasteiger partial charge is 0.495 e. The van der Waals surface area contributed by atoms with Gasteiger partial charge in [-0.3, -0.25) is 9.59 Å². The molecule has 10 heteroatoms. The van der Waals surface area contributed by atoms with E-state index >= 15 is 0 Å². The van der Waals surface area contributed by atoms with Gasteiger partial charge in [0.05, 0.1) is 35.2 Å². The van der Waals surface area contributed by atoms with E-state index in [1.54, 1.807) is 0 Å². The van der Waals surface area contributed by atoms with Gasteiger partial charge in [0.25, 0.3) is 0 Å². The minimum absolute atomic E-state index is 0.120. The molecule has 0 N–H and O–H groups in total. The van der Waals surface area contributed by atoms with Crippen LogP contribution in [-0.4, -0.2) is 60.3 Å². The van der Waals surface area contributed by atoms with Gasteiger partial charge in [0.1, 0.15) is 11.2 Å². The zero-order valence-corrected chi connectivity index (χ0v) is 35.5. The van der Waals surface area contributed by atoms with Crippen molar-refractivity contribution >= 4 is 32.2 Å². The Kier molecular flexibility index (Phi) is 12.9. The van der Waals surface area contributed by atoms with Crippen molar-refractivity contribution in [3.8, 4) is 0 Å². The van der Waals surface area contributed by atoms with Crippen LogP contribution < -0.4 is 5.46 Å². The Morgan fingerprint density at radius 3 is 1.47 bits per heavy atom. The fraction of sp³-hybridized carbons (Fsp3) is 0.674. The highest BCUT2D eigenvalue weighted by atomic mass is 16.7. The Balaban J connectivity index is 0.000000200. The van der Waals surface area contributed by atoms with Crippen molar-refractivity contribution in [2.24, 2.45) is 0 Å². The van der Waals surface area contributed by atoms with Crippen molar-refractivity contribution in [2.75, 3.05) is 0 Å². The Hall–Kier alpha value is -2.65. The number of aryl methyl sites for hydroxylation is 3. The second-order valence-corrected chi connectivity index (χ2v) is 19.0. The van der Waals surface area contributed by atoms with Crippen LogP contribution in [0.15, 0.2) is 24.3 Å². The van der Waals surface area contributed by atoms with Gasteiger partial charge in [-0.2, -0.15) is 0 Å². The Morgan fingerprint density at radius 2 is 1.06 bits per heavy atom. The van der Waals surface area contributed by atoms with Crippen LogP contribution in [0, 0.1) is 6.92 Å². The average molecular weight is 733 g/mol. The number of carbonyl (C=O) groups is 2. The van der Waals surface area contributed by atoms with Crippen molar-refractivity contribution in [3.05, 3.63) is 63.2 Å². The lowest BCUT2D eigenvalue weighted by Crippen LogP contribution is -2.41. The van der Waals surface area contributed by atoms with E-state index in [0.29, 0.717) is 14.1 Å². The van der Waals surface area contributed by atoms with E-state index in [-0.39, 0.29) is 29.6 Å². The molecule has 0 bridgehead atoms. The zero-order valence-electron chi connectivity index (χ0n) is 35.5. The maximum Gasteiger partial charge on any atom is 0.495 e. The molecule has 2 heterocycles. The summed E-state index contributed by atoms with van der Waals surface area (Å²) in [6.45, 7) is 29.9. The molecule has 0 saturated carbocycles.